The van der Waals surface area contributed by atoms with E-state index in [1.807, 2.05) is 23.1 Å². The Labute approximate surface area is 202 Å². The molecule has 1 aliphatic rings. The number of benzene rings is 4. The third-order valence-corrected chi connectivity index (χ3v) is 11.5. The van der Waals surface area contributed by atoms with Gasteiger partial charge in [-0.3, -0.25) is 4.79 Å². The van der Waals surface area contributed by atoms with Crippen molar-refractivity contribution in [1.82, 2.24) is 4.90 Å². The second-order valence-electron chi connectivity index (χ2n) is 8.65. The normalized spacial score (nSPS) is 16.0. The van der Waals surface area contributed by atoms with Gasteiger partial charge in [0.25, 0.3) is 5.91 Å². The summed E-state index contributed by atoms with van der Waals surface area (Å²) in [7, 11) is -0.555. The first-order valence-electron chi connectivity index (χ1n) is 11.7. The first-order valence-corrected chi connectivity index (χ1v) is 13.6. The summed E-state index contributed by atoms with van der Waals surface area (Å²) in [5.41, 5.74) is 1.00. The summed E-state index contributed by atoms with van der Waals surface area (Å²) in [6, 6.07) is 40.1. The molecule has 0 saturated carbocycles. The molecule has 3 nitrogen and oxygen atoms in total. The zero-order chi connectivity index (χ0) is 23.4. The number of likely N-dealkylation sites (tertiary alicyclic amines) is 1. The zero-order valence-corrected chi connectivity index (χ0v) is 20.3. The summed E-state index contributed by atoms with van der Waals surface area (Å²) in [6.45, 7) is 1.36. The Balaban J connectivity index is 1.62. The molecule has 1 fully saturated rings. The maximum Gasteiger partial charge on any atom is 0.264 e. The molecule has 0 bridgehead atoms. The molecular weight excluding hydrogens is 437 g/mol. The standard InChI is InChI=1S/C30H29NO2P/c1-33-25-13-11-12-24(22-25)23-31-21-20-29(30(31)32)34(26-14-5-2-6-15-26,27-16-7-3-8-17-27)28-18-9-4-10-19-28/h2-19,22,29H,20-21,23H2,1H3/q+1/t29-/m1/s1. The third-order valence-electron chi connectivity index (χ3n) is 6.73. The van der Waals surface area contributed by atoms with Gasteiger partial charge in [-0.1, -0.05) is 66.7 Å². The molecule has 4 aromatic carbocycles. The molecule has 0 radical (unpaired) electrons. The molecule has 4 aromatic rings. The summed E-state index contributed by atoms with van der Waals surface area (Å²) in [4.78, 5) is 16.2. The molecule has 34 heavy (non-hydrogen) atoms. The first kappa shape index (κ1) is 22.4. The molecular formula is C30H29NO2P+. The molecule has 4 heteroatoms. The quantitative estimate of drug-likeness (QED) is 0.367. The van der Waals surface area contributed by atoms with Crippen molar-refractivity contribution in [1.29, 1.82) is 0 Å². The van der Waals surface area contributed by atoms with Crippen LogP contribution in [0.15, 0.2) is 115 Å². The van der Waals surface area contributed by atoms with Crippen LogP contribution in [0.2, 0.25) is 0 Å². The Bertz CT molecular complexity index is 1150. The highest BCUT2D eigenvalue weighted by molar-refractivity contribution is 7.96. The van der Waals surface area contributed by atoms with Crippen molar-refractivity contribution < 1.29 is 9.53 Å². The molecule has 0 aromatic heterocycles. The number of methoxy groups -OCH3 is 1. The fraction of sp³-hybridized carbons (Fsp3) is 0.167. The van der Waals surface area contributed by atoms with E-state index in [2.05, 4.69) is 97.1 Å². The van der Waals surface area contributed by atoms with E-state index in [1.54, 1.807) is 7.11 Å². The summed E-state index contributed by atoms with van der Waals surface area (Å²) < 4.78 is 5.40. The van der Waals surface area contributed by atoms with Crippen molar-refractivity contribution in [3.63, 3.8) is 0 Å². The smallest absolute Gasteiger partial charge is 0.264 e. The lowest BCUT2D eigenvalue weighted by Gasteiger charge is -2.32. The second-order valence-corrected chi connectivity index (χ2v) is 12.3. The van der Waals surface area contributed by atoms with E-state index in [4.69, 9.17) is 4.74 Å². The van der Waals surface area contributed by atoms with E-state index in [0.717, 1.165) is 24.3 Å². The van der Waals surface area contributed by atoms with E-state index in [-0.39, 0.29) is 11.6 Å². The van der Waals surface area contributed by atoms with Gasteiger partial charge in [-0.25, -0.2) is 0 Å². The molecule has 1 aliphatic heterocycles. The van der Waals surface area contributed by atoms with Gasteiger partial charge in [0.1, 0.15) is 28.9 Å². The van der Waals surface area contributed by atoms with Crippen LogP contribution in [0.1, 0.15) is 12.0 Å². The highest BCUT2D eigenvalue weighted by atomic mass is 31.2. The first-order chi connectivity index (χ1) is 16.7. The molecule has 0 aliphatic carbocycles. The van der Waals surface area contributed by atoms with Crippen molar-refractivity contribution in [3.8, 4) is 5.75 Å². The zero-order valence-electron chi connectivity index (χ0n) is 19.4. The minimum Gasteiger partial charge on any atom is -0.497 e. The van der Waals surface area contributed by atoms with E-state index >= 15 is 0 Å². The van der Waals surface area contributed by atoms with Crippen LogP contribution in [0.5, 0.6) is 5.75 Å². The molecule has 0 spiro atoms. The van der Waals surface area contributed by atoms with Crippen LogP contribution in [0.4, 0.5) is 0 Å². The summed E-state index contributed by atoms with van der Waals surface area (Å²) in [5, 5.41) is 3.77. The molecule has 1 heterocycles. The number of nitrogens with zero attached hydrogens (tertiary/aromatic N) is 1. The summed E-state index contributed by atoms with van der Waals surface area (Å²) in [6.07, 6.45) is 0.843. The topological polar surface area (TPSA) is 29.5 Å². The van der Waals surface area contributed by atoms with E-state index < -0.39 is 7.26 Å². The van der Waals surface area contributed by atoms with Gasteiger partial charge in [0, 0.05) is 19.5 Å². The van der Waals surface area contributed by atoms with Crippen LogP contribution < -0.4 is 20.7 Å². The lowest BCUT2D eigenvalue weighted by molar-refractivity contribution is -0.127. The Morgan fingerprint density at radius 1 is 0.765 bits per heavy atom. The summed E-state index contributed by atoms with van der Waals surface area (Å²) >= 11 is 0. The van der Waals surface area contributed by atoms with Crippen molar-refractivity contribution >= 4 is 29.1 Å². The minimum atomic E-state index is -2.23. The fourth-order valence-electron chi connectivity index (χ4n) is 5.21. The molecule has 0 N–H and O–H groups in total. The number of ether oxygens (including phenoxy) is 1. The third kappa shape index (κ3) is 4.02. The molecule has 1 saturated heterocycles. The Morgan fingerprint density at radius 3 is 1.79 bits per heavy atom. The number of hydrogen-bond donors (Lipinski definition) is 0. The highest BCUT2D eigenvalue weighted by Gasteiger charge is 2.58. The molecule has 1 amide bonds. The van der Waals surface area contributed by atoms with Crippen molar-refractivity contribution in [2.75, 3.05) is 13.7 Å². The molecule has 170 valence electrons. The second kappa shape index (κ2) is 9.83. The molecule has 0 unspecified atom stereocenters. The lowest BCUT2D eigenvalue weighted by atomic mass is 10.2. The van der Waals surface area contributed by atoms with E-state index in [9.17, 15) is 4.79 Å². The predicted octanol–water partition coefficient (Wildman–Crippen LogP) is 4.79. The van der Waals surface area contributed by atoms with Crippen molar-refractivity contribution in [3.05, 3.63) is 121 Å². The highest BCUT2D eigenvalue weighted by Crippen LogP contribution is 2.62. The number of rotatable bonds is 7. The van der Waals surface area contributed by atoms with E-state index in [1.165, 1.54) is 15.9 Å². The molecule has 1 atom stereocenters. The van der Waals surface area contributed by atoms with Crippen LogP contribution in [0.25, 0.3) is 0 Å². The van der Waals surface area contributed by atoms with Crippen molar-refractivity contribution in [2.24, 2.45) is 0 Å². The van der Waals surface area contributed by atoms with E-state index in [0.29, 0.717) is 6.54 Å². The van der Waals surface area contributed by atoms with Gasteiger partial charge in [-0.05, 0) is 54.1 Å². The Hall–Kier alpha value is -3.42. The van der Waals surface area contributed by atoms with Crippen LogP contribution >= 0.6 is 7.26 Å². The van der Waals surface area contributed by atoms with Gasteiger partial charge in [0.05, 0.1) is 7.11 Å². The van der Waals surface area contributed by atoms with Crippen LogP contribution in [0.3, 0.4) is 0 Å². The maximum absolute atomic E-state index is 14.2. The predicted molar refractivity (Wildman–Crippen MR) is 142 cm³/mol. The van der Waals surface area contributed by atoms with Gasteiger partial charge < -0.3 is 9.64 Å². The Kier molecular flexibility index (Phi) is 6.47. The number of hydrogen-bond acceptors (Lipinski definition) is 2. The average molecular weight is 467 g/mol. The van der Waals surface area contributed by atoms with Gasteiger partial charge >= 0.3 is 0 Å². The molecule has 5 rings (SSSR count). The van der Waals surface area contributed by atoms with Crippen LogP contribution in [-0.4, -0.2) is 30.1 Å². The number of carbonyl (C=O) groups excluding carboxylic acids is 1. The van der Waals surface area contributed by atoms with Crippen LogP contribution in [-0.2, 0) is 11.3 Å². The maximum atomic E-state index is 14.2. The number of amides is 1. The SMILES string of the molecule is COc1cccc(CN2CC[C@@H]([P+](c3ccccc3)(c3ccccc3)c3ccccc3)C2=O)c1. The van der Waals surface area contributed by atoms with Gasteiger partial charge in [-0.15, -0.1) is 0 Å². The minimum absolute atomic E-state index is 0.0923. The monoisotopic (exact) mass is 466 g/mol. The van der Waals surface area contributed by atoms with Crippen LogP contribution in [0, 0.1) is 0 Å². The van der Waals surface area contributed by atoms with Gasteiger partial charge in [0.15, 0.2) is 5.66 Å². The Morgan fingerprint density at radius 2 is 1.29 bits per heavy atom. The van der Waals surface area contributed by atoms with Gasteiger partial charge in [-0.2, -0.15) is 0 Å². The largest absolute Gasteiger partial charge is 0.497 e. The number of carbonyl (C=O) groups is 1. The lowest BCUT2D eigenvalue weighted by Crippen LogP contribution is -2.42. The van der Waals surface area contributed by atoms with Crippen molar-refractivity contribution in [2.45, 2.75) is 18.6 Å². The average Bonchev–Trinajstić information content (AvgIpc) is 3.26. The van der Waals surface area contributed by atoms with Gasteiger partial charge in [0.2, 0.25) is 0 Å². The fourth-order valence-corrected chi connectivity index (χ4v) is 10.1. The summed E-state index contributed by atoms with van der Waals surface area (Å²) in [5.74, 6) is 1.06.